The second kappa shape index (κ2) is 19.8. The van der Waals surface area contributed by atoms with Gasteiger partial charge in [-0.1, -0.05) is 71.4 Å². The molecule has 0 aromatic heterocycles. The lowest BCUT2D eigenvalue weighted by Crippen LogP contribution is -2.63. The summed E-state index contributed by atoms with van der Waals surface area (Å²) in [6.07, 6.45) is 1.35. The Bertz CT molecular complexity index is 1350. The number of ketones is 2. The van der Waals surface area contributed by atoms with Crippen LogP contribution >= 0.6 is 0 Å². The monoisotopic (exact) mass is 729 g/mol. The van der Waals surface area contributed by atoms with Gasteiger partial charge in [0.15, 0.2) is 5.78 Å². The summed E-state index contributed by atoms with van der Waals surface area (Å²) in [4.78, 5) is 71.3. The number of rotatable bonds is 21. The summed E-state index contributed by atoms with van der Waals surface area (Å²) in [7, 11) is 6.16. The van der Waals surface area contributed by atoms with Crippen LogP contribution < -0.4 is 5.73 Å². The molecule has 292 valence electrons. The Morgan fingerprint density at radius 2 is 1.63 bits per heavy atom. The first-order chi connectivity index (χ1) is 24.6. The van der Waals surface area contributed by atoms with Crippen molar-refractivity contribution >= 4 is 29.4 Å². The van der Waals surface area contributed by atoms with Crippen LogP contribution in [0.2, 0.25) is 0 Å². The Kier molecular flexibility index (Phi) is 16.4. The molecule has 8 atom stereocenters. The summed E-state index contributed by atoms with van der Waals surface area (Å²) >= 11 is 0. The number of amides is 2. The molecule has 2 fully saturated rings. The minimum Gasteiger partial charge on any atom is -0.469 e. The molecule has 2 saturated heterocycles. The van der Waals surface area contributed by atoms with Crippen LogP contribution in [0.1, 0.15) is 78.7 Å². The van der Waals surface area contributed by atoms with Crippen molar-refractivity contribution in [2.24, 2.45) is 35.3 Å². The number of benzene rings is 1. The lowest BCUT2D eigenvalue weighted by Gasteiger charge is -2.41. The number of esters is 1. The van der Waals surface area contributed by atoms with Crippen molar-refractivity contribution in [1.82, 2.24) is 9.80 Å². The van der Waals surface area contributed by atoms with Gasteiger partial charge in [0.05, 0.1) is 57.0 Å². The van der Waals surface area contributed by atoms with E-state index in [1.165, 1.54) is 7.11 Å². The predicted molar refractivity (Wildman–Crippen MR) is 197 cm³/mol. The standard InChI is InChI=1S/C40H63N3O9/c1-10-26(4)36(42(6)38(47)30(25(2)3)21-34(45)40(41)23-52-24-40)33(49-7)22-35(46)43-18-14-17-31(43)37(50-8)27(5)32(44)20-29(39(48)51-9)19-28-15-12-11-13-16-28/h11-13,15-16,25-27,29-31,33,36-37H,10,14,17-24,41H2,1-9H3. The molecule has 1 aromatic carbocycles. The van der Waals surface area contributed by atoms with Crippen LogP contribution in [0.4, 0.5) is 0 Å². The van der Waals surface area contributed by atoms with Gasteiger partial charge in [-0.25, -0.2) is 0 Å². The van der Waals surface area contributed by atoms with Crippen molar-refractivity contribution in [2.75, 3.05) is 48.1 Å². The van der Waals surface area contributed by atoms with Gasteiger partial charge in [-0.15, -0.1) is 0 Å². The number of carbonyl (C=O) groups is 5. The molecule has 0 saturated carbocycles. The fraction of sp³-hybridized carbons (Fsp3) is 0.725. The zero-order chi connectivity index (χ0) is 38.7. The molecule has 8 unspecified atom stereocenters. The van der Waals surface area contributed by atoms with E-state index in [-0.39, 0.29) is 73.7 Å². The van der Waals surface area contributed by atoms with Gasteiger partial charge in [0.1, 0.15) is 11.3 Å². The van der Waals surface area contributed by atoms with Crippen LogP contribution in [0.5, 0.6) is 0 Å². The van der Waals surface area contributed by atoms with E-state index in [0.29, 0.717) is 19.4 Å². The third-order valence-corrected chi connectivity index (χ3v) is 11.5. The second-order valence-electron chi connectivity index (χ2n) is 15.3. The minimum absolute atomic E-state index is 0.00499. The molecule has 2 N–H and O–H groups in total. The Morgan fingerprint density at radius 3 is 2.15 bits per heavy atom. The fourth-order valence-electron chi connectivity index (χ4n) is 7.83. The number of likely N-dealkylation sites (N-methyl/N-ethyl adjacent to an activating group) is 1. The molecule has 3 rings (SSSR count). The quantitative estimate of drug-likeness (QED) is 0.185. The zero-order valence-electron chi connectivity index (χ0n) is 32.8. The van der Waals surface area contributed by atoms with E-state index < -0.39 is 47.5 Å². The first-order valence-corrected chi connectivity index (χ1v) is 18.8. The Labute approximate surface area is 310 Å². The van der Waals surface area contributed by atoms with Crippen LogP contribution in [0.25, 0.3) is 0 Å². The van der Waals surface area contributed by atoms with Crippen LogP contribution in [0, 0.1) is 29.6 Å². The number of nitrogens with two attached hydrogens (primary N) is 1. The topological polar surface area (TPSA) is 155 Å². The number of likely N-dealkylation sites (tertiary alicyclic amines) is 1. The van der Waals surface area contributed by atoms with E-state index >= 15 is 0 Å². The lowest BCUT2D eigenvalue weighted by atomic mass is 9.81. The first kappa shape index (κ1) is 43.2. The first-order valence-electron chi connectivity index (χ1n) is 18.8. The molecule has 2 aliphatic rings. The molecule has 52 heavy (non-hydrogen) atoms. The SMILES string of the molecule is CCC(C)C(C(CC(=O)N1CCCC1C(OC)C(C)C(=O)CC(Cc1ccccc1)C(=O)OC)OC)N(C)C(=O)C(CC(=O)C1(N)COC1)C(C)C. The molecule has 1 aromatic rings. The third kappa shape index (κ3) is 10.5. The average molecular weight is 730 g/mol. The zero-order valence-corrected chi connectivity index (χ0v) is 32.8. The van der Waals surface area contributed by atoms with Gasteiger partial charge >= 0.3 is 5.97 Å². The smallest absolute Gasteiger partial charge is 0.309 e. The van der Waals surface area contributed by atoms with E-state index in [2.05, 4.69) is 0 Å². The highest BCUT2D eigenvalue weighted by molar-refractivity contribution is 5.93. The highest BCUT2D eigenvalue weighted by Crippen LogP contribution is 2.32. The molecule has 2 aliphatic heterocycles. The molecule has 0 spiro atoms. The normalized spacial score (nSPS) is 20.9. The van der Waals surface area contributed by atoms with E-state index in [1.807, 2.05) is 58.0 Å². The van der Waals surface area contributed by atoms with Crippen LogP contribution in [-0.2, 0) is 49.3 Å². The number of hydrogen-bond acceptors (Lipinski definition) is 10. The van der Waals surface area contributed by atoms with Gasteiger partial charge in [0, 0.05) is 52.5 Å². The largest absolute Gasteiger partial charge is 0.469 e. The molecular formula is C40H63N3O9. The van der Waals surface area contributed by atoms with Gasteiger partial charge in [-0.3, -0.25) is 24.0 Å². The van der Waals surface area contributed by atoms with E-state index in [1.54, 1.807) is 38.0 Å². The Balaban J connectivity index is 1.76. The van der Waals surface area contributed by atoms with Gasteiger partial charge in [0.2, 0.25) is 11.8 Å². The van der Waals surface area contributed by atoms with Gasteiger partial charge in [-0.05, 0) is 36.7 Å². The van der Waals surface area contributed by atoms with Gasteiger partial charge in [0.25, 0.3) is 0 Å². The van der Waals surface area contributed by atoms with Gasteiger partial charge < -0.3 is 34.5 Å². The summed E-state index contributed by atoms with van der Waals surface area (Å²) in [6, 6.07) is 8.73. The Hall–Kier alpha value is -3.19. The number of carbonyl (C=O) groups excluding carboxylic acids is 5. The molecular weight excluding hydrogens is 666 g/mol. The van der Waals surface area contributed by atoms with Crippen molar-refractivity contribution in [1.29, 1.82) is 0 Å². The molecule has 12 nitrogen and oxygen atoms in total. The highest BCUT2D eigenvalue weighted by atomic mass is 16.5. The highest BCUT2D eigenvalue weighted by Gasteiger charge is 2.46. The maximum absolute atomic E-state index is 14.2. The maximum Gasteiger partial charge on any atom is 0.309 e. The summed E-state index contributed by atoms with van der Waals surface area (Å²) < 4.78 is 22.2. The van der Waals surface area contributed by atoms with Crippen molar-refractivity contribution in [3.63, 3.8) is 0 Å². The maximum atomic E-state index is 14.2. The van der Waals surface area contributed by atoms with Crippen LogP contribution in [-0.4, -0.2) is 117 Å². The average Bonchev–Trinajstić information content (AvgIpc) is 3.61. The molecule has 12 heteroatoms. The van der Waals surface area contributed by atoms with Gasteiger partial charge in [-0.2, -0.15) is 0 Å². The molecule has 0 radical (unpaired) electrons. The van der Waals surface area contributed by atoms with E-state index in [0.717, 1.165) is 18.4 Å². The fourth-order valence-corrected chi connectivity index (χ4v) is 7.83. The second-order valence-corrected chi connectivity index (χ2v) is 15.3. The number of Topliss-reactive ketones (excluding diaryl/α,β-unsaturated/α-hetero) is 2. The van der Waals surface area contributed by atoms with Crippen LogP contribution in [0.15, 0.2) is 30.3 Å². The minimum atomic E-state index is -1.05. The predicted octanol–water partition coefficient (Wildman–Crippen LogP) is 3.86. The molecule has 0 aliphatic carbocycles. The molecule has 0 bridgehead atoms. The summed E-state index contributed by atoms with van der Waals surface area (Å²) in [5, 5.41) is 0. The number of methoxy groups -OCH3 is 3. The van der Waals surface area contributed by atoms with Crippen molar-refractivity contribution in [3.8, 4) is 0 Å². The molecule has 2 amide bonds. The summed E-state index contributed by atoms with van der Waals surface area (Å²) in [6.45, 7) is 10.5. The number of hydrogen-bond donors (Lipinski definition) is 1. The van der Waals surface area contributed by atoms with Crippen LogP contribution in [0.3, 0.4) is 0 Å². The number of nitrogens with zero attached hydrogens (tertiary/aromatic N) is 2. The molecule has 2 heterocycles. The summed E-state index contributed by atoms with van der Waals surface area (Å²) in [5.74, 6) is -3.04. The summed E-state index contributed by atoms with van der Waals surface area (Å²) in [5.41, 5.74) is 6.11. The third-order valence-electron chi connectivity index (χ3n) is 11.5. The lowest BCUT2D eigenvalue weighted by molar-refractivity contribution is -0.152. The van der Waals surface area contributed by atoms with Crippen molar-refractivity contribution in [3.05, 3.63) is 35.9 Å². The Morgan fingerprint density at radius 1 is 0.981 bits per heavy atom. The van der Waals surface area contributed by atoms with E-state index in [9.17, 15) is 24.0 Å². The number of ether oxygens (including phenoxy) is 4. The van der Waals surface area contributed by atoms with Crippen molar-refractivity contribution < 1.29 is 42.9 Å². The van der Waals surface area contributed by atoms with Crippen molar-refractivity contribution in [2.45, 2.75) is 109 Å². The van der Waals surface area contributed by atoms with E-state index in [4.69, 9.17) is 24.7 Å².